The Labute approximate surface area is 92.1 Å². The number of hydrogen-bond donors (Lipinski definition) is 2. The van der Waals surface area contributed by atoms with E-state index in [1.54, 1.807) is 0 Å². The predicted molar refractivity (Wildman–Crippen MR) is 57.7 cm³/mol. The van der Waals surface area contributed by atoms with Crippen molar-refractivity contribution in [2.45, 2.75) is 0 Å². The number of primary amides is 1. The van der Waals surface area contributed by atoms with Gasteiger partial charge in [-0.25, -0.2) is 4.79 Å². The Kier molecular flexibility index (Phi) is 3.66. The average Bonchev–Trinajstić information content (AvgIpc) is 2.26. The van der Waals surface area contributed by atoms with Crippen molar-refractivity contribution in [2.24, 2.45) is 5.73 Å². The summed E-state index contributed by atoms with van der Waals surface area (Å²) < 4.78 is 4.49. The summed E-state index contributed by atoms with van der Waals surface area (Å²) in [6.07, 6.45) is 2.48. The summed E-state index contributed by atoms with van der Waals surface area (Å²) in [4.78, 5) is 21.6. The van der Waals surface area contributed by atoms with Crippen molar-refractivity contribution in [3.05, 3.63) is 35.4 Å². The number of rotatable bonds is 3. The highest BCUT2D eigenvalue weighted by molar-refractivity contribution is 5.92. The third kappa shape index (κ3) is 2.84. The molecule has 0 saturated carbocycles. The molecule has 0 aromatic heterocycles. The van der Waals surface area contributed by atoms with Crippen molar-refractivity contribution in [3.63, 3.8) is 0 Å². The number of hydrogen-bond acceptors (Lipinski definition) is 4. The zero-order chi connectivity index (χ0) is 12.1. The molecule has 0 spiro atoms. The van der Waals surface area contributed by atoms with Gasteiger partial charge in [0, 0.05) is 11.6 Å². The number of nitrogens with two attached hydrogens (primary N) is 1. The molecule has 3 N–H and O–H groups in total. The third-order valence-corrected chi connectivity index (χ3v) is 1.88. The van der Waals surface area contributed by atoms with Crippen LogP contribution in [0.5, 0.6) is 5.75 Å². The van der Waals surface area contributed by atoms with Gasteiger partial charge in [0.1, 0.15) is 5.75 Å². The number of methoxy groups -OCH3 is 1. The van der Waals surface area contributed by atoms with Crippen LogP contribution in [-0.2, 0) is 9.53 Å². The first kappa shape index (κ1) is 11.8. The van der Waals surface area contributed by atoms with Crippen molar-refractivity contribution in [1.82, 2.24) is 0 Å². The molecule has 1 rings (SSSR count). The van der Waals surface area contributed by atoms with Gasteiger partial charge >= 0.3 is 5.97 Å². The van der Waals surface area contributed by atoms with E-state index in [-0.39, 0.29) is 11.3 Å². The molecule has 5 nitrogen and oxygen atoms in total. The minimum absolute atomic E-state index is 0.125. The summed E-state index contributed by atoms with van der Waals surface area (Å²) in [5.74, 6) is -1.28. The molecular weight excluding hydrogens is 210 g/mol. The molecule has 0 bridgehead atoms. The van der Waals surface area contributed by atoms with Crippen LogP contribution in [0, 0.1) is 0 Å². The van der Waals surface area contributed by atoms with Crippen molar-refractivity contribution in [2.75, 3.05) is 7.11 Å². The van der Waals surface area contributed by atoms with E-state index in [9.17, 15) is 14.7 Å². The lowest BCUT2D eigenvalue weighted by atomic mass is 10.1. The number of amides is 1. The summed E-state index contributed by atoms with van der Waals surface area (Å²) in [6, 6.07) is 4.22. The number of phenols is 1. The molecule has 0 radical (unpaired) electrons. The van der Waals surface area contributed by atoms with Gasteiger partial charge in [0.25, 0.3) is 0 Å². The molecule has 1 aromatic rings. The van der Waals surface area contributed by atoms with Crippen molar-refractivity contribution in [3.8, 4) is 5.75 Å². The summed E-state index contributed by atoms with van der Waals surface area (Å²) in [5, 5.41) is 9.54. The molecule has 0 saturated heterocycles. The van der Waals surface area contributed by atoms with E-state index in [0.717, 1.165) is 6.08 Å². The molecule has 0 unspecified atom stereocenters. The number of ether oxygens (including phenoxy) is 1. The molecule has 16 heavy (non-hydrogen) atoms. The van der Waals surface area contributed by atoms with Gasteiger partial charge in [-0.3, -0.25) is 4.79 Å². The third-order valence-electron chi connectivity index (χ3n) is 1.88. The number of carbonyl (C=O) groups is 2. The Balaban J connectivity index is 3.00. The largest absolute Gasteiger partial charge is 0.507 e. The minimum atomic E-state index is -0.614. The maximum Gasteiger partial charge on any atom is 0.337 e. The molecule has 0 aliphatic carbocycles. The molecule has 0 atom stereocenters. The van der Waals surface area contributed by atoms with Gasteiger partial charge in [-0.2, -0.15) is 0 Å². The van der Waals surface area contributed by atoms with Crippen LogP contribution in [0.4, 0.5) is 0 Å². The molecular formula is C11H11NO4. The molecule has 1 amide bonds. The van der Waals surface area contributed by atoms with Crippen LogP contribution >= 0.6 is 0 Å². The average molecular weight is 221 g/mol. The van der Waals surface area contributed by atoms with E-state index >= 15 is 0 Å². The van der Waals surface area contributed by atoms with E-state index in [1.165, 1.54) is 31.4 Å². The van der Waals surface area contributed by atoms with E-state index in [0.29, 0.717) is 5.56 Å². The highest BCUT2D eigenvalue weighted by atomic mass is 16.5. The second-order valence-electron chi connectivity index (χ2n) is 3.00. The normalized spacial score (nSPS) is 10.3. The van der Waals surface area contributed by atoms with Crippen molar-refractivity contribution < 1.29 is 19.4 Å². The van der Waals surface area contributed by atoms with E-state index in [1.807, 2.05) is 0 Å². The van der Waals surface area contributed by atoms with Crippen LogP contribution in [0.2, 0.25) is 0 Å². The molecule has 0 aliphatic heterocycles. The number of benzene rings is 1. The minimum Gasteiger partial charge on any atom is -0.507 e. The van der Waals surface area contributed by atoms with Crippen molar-refractivity contribution >= 4 is 18.0 Å². The maximum atomic E-state index is 11.1. The molecule has 0 fully saturated rings. The lowest BCUT2D eigenvalue weighted by Gasteiger charge is -2.02. The SMILES string of the molecule is COC(=O)c1ccc(C=CC(N)=O)c(O)c1. The van der Waals surface area contributed by atoms with Crippen LogP contribution < -0.4 is 5.73 Å². The number of carbonyl (C=O) groups excluding carboxylic acids is 2. The Morgan fingerprint density at radius 3 is 2.62 bits per heavy atom. The Hall–Kier alpha value is -2.30. The Bertz CT molecular complexity index is 451. The van der Waals surface area contributed by atoms with Gasteiger partial charge in [-0.05, 0) is 18.2 Å². The predicted octanol–water partition coefficient (Wildman–Crippen LogP) is 0.677. The van der Waals surface area contributed by atoms with Gasteiger partial charge < -0.3 is 15.6 Å². The first-order valence-corrected chi connectivity index (χ1v) is 4.43. The van der Waals surface area contributed by atoms with Gasteiger partial charge in [0.15, 0.2) is 0 Å². The van der Waals surface area contributed by atoms with E-state index in [4.69, 9.17) is 5.73 Å². The maximum absolute atomic E-state index is 11.1. The fourth-order valence-corrected chi connectivity index (χ4v) is 1.10. The van der Waals surface area contributed by atoms with E-state index < -0.39 is 11.9 Å². The molecule has 0 aliphatic rings. The first-order valence-electron chi connectivity index (χ1n) is 4.43. The van der Waals surface area contributed by atoms with Crippen LogP contribution in [0.3, 0.4) is 0 Å². The Morgan fingerprint density at radius 2 is 2.12 bits per heavy atom. The van der Waals surface area contributed by atoms with Gasteiger partial charge in [-0.15, -0.1) is 0 Å². The summed E-state index contributed by atoms with van der Waals surface area (Å²) >= 11 is 0. The summed E-state index contributed by atoms with van der Waals surface area (Å²) in [6.45, 7) is 0. The van der Waals surface area contributed by atoms with Gasteiger partial charge in [-0.1, -0.05) is 6.07 Å². The molecule has 5 heteroatoms. The van der Waals surface area contributed by atoms with Gasteiger partial charge in [0.05, 0.1) is 12.7 Å². The zero-order valence-electron chi connectivity index (χ0n) is 8.64. The summed E-state index contributed by atoms with van der Waals surface area (Å²) in [5.41, 5.74) is 5.54. The molecule has 0 heterocycles. The number of esters is 1. The van der Waals surface area contributed by atoms with Crippen molar-refractivity contribution in [1.29, 1.82) is 0 Å². The van der Waals surface area contributed by atoms with Crippen LogP contribution in [-0.4, -0.2) is 24.1 Å². The zero-order valence-corrected chi connectivity index (χ0v) is 8.64. The quantitative estimate of drug-likeness (QED) is 0.580. The highest BCUT2D eigenvalue weighted by Crippen LogP contribution is 2.20. The number of aromatic hydroxyl groups is 1. The van der Waals surface area contributed by atoms with Crippen LogP contribution in [0.15, 0.2) is 24.3 Å². The first-order chi connectivity index (χ1) is 7.54. The lowest BCUT2D eigenvalue weighted by molar-refractivity contribution is -0.113. The monoisotopic (exact) mass is 221 g/mol. The van der Waals surface area contributed by atoms with Crippen LogP contribution in [0.25, 0.3) is 6.08 Å². The highest BCUT2D eigenvalue weighted by Gasteiger charge is 2.07. The van der Waals surface area contributed by atoms with Gasteiger partial charge in [0.2, 0.25) is 5.91 Å². The second kappa shape index (κ2) is 4.97. The van der Waals surface area contributed by atoms with Crippen LogP contribution in [0.1, 0.15) is 15.9 Å². The fourth-order valence-electron chi connectivity index (χ4n) is 1.10. The Morgan fingerprint density at radius 1 is 1.44 bits per heavy atom. The number of phenolic OH excluding ortho intramolecular Hbond substituents is 1. The summed E-state index contributed by atoms with van der Waals surface area (Å²) in [7, 11) is 1.25. The molecule has 84 valence electrons. The van der Waals surface area contributed by atoms with E-state index in [2.05, 4.69) is 4.74 Å². The topological polar surface area (TPSA) is 89.6 Å². The molecule has 1 aromatic carbocycles. The standard InChI is InChI=1S/C11H11NO4/c1-16-11(15)8-3-2-7(9(13)6-8)4-5-10(12)14/h2-6,13H,1H3,(H2,12,14). The second-order valence-corrected chi connectivity index (χ2v) is 3.00. The fraction of sp³-hybridized carbons (Fsp3) is 0.0909. The smallest absolute Gasteiger partial charge is 0.337 e. The lowest BCUT2D eigenvalue weighted by Crippen LogP contribution is -2.05.